The predicted octanol–water partition coefficient (Wildman–Crippen LogP) is 2.30. The topological polar surface area (TPSA) is 93.4 Å². The first-order chi connectivity index (χ1) is 11.2. The molecule has 1 aromatic carbocycles. The summed E-state index contributed by atoms with van der Waals surface area (Å²) in [7, 11) is -3.16. The SMILES string of the molecule is Cc1cc2oc(=O)cc(C)c2cc1NC(=O)C[C@@H]1C=CS(=O)(=O)C1. The second-order valence-corrected chi connectivity index (χ2v) is 8.01. The molecule has 0 saturated heterocycles. The summed E-state index contributed by atoms with van der Waals surface area (Å²) in [5, 5.41) is 4.72. The van der Waals surface area contributed by atoms with E-state index in [-0.39, 0.29) is 24.0 Å². The lowest BCUT2D eigenvalue weighted by molar-refractivity contribution is -0.116. The van der Waals surface area contributed by atoms with Crippen LogP contribution in [0.4, 0.5) is 5.69 Å². The van der Waals surface area contributed by atoms with E-state index in [4.69, 9.17) is 4.42 Å². The Morgan fingerprint density at radius 1 is 1.25 bits per heavy atom. The molecule has 24 heavy (non-hydrogen) atoms. The molecule has 0 fully saturated rings. The molecule has 126 valence electrons. The Bertz CT molecular complexity index is 1020. The van der Waals surface area contributed by atoms with E-state index in [0.29, 0.717) is 11.3 Å². The molecule has 0 radical (unpaired) electrons. The lowest BCUT2D eigenvalue weighted by atomic mass is 10.1. The Morgan fingerprint density at radius 2 is 2.00 bits per heavy atom. The molecule has 6 nitrogen and oxygen atoms in total. The Hall–Kier alpha value is -2.41. The summed E-state index contributed by atoms with van der Waals surface area (Å²) in [6, 6.07) is 4.87. The smallest absolute Gasteiger partial charge is 0.336 e. The number of rotatable bonds is 3. The Kier molecular flexibility index (Phi) is 4.04. The van der Waals surface area contributed by atoms with Crippen molar-refractivity contribution in [3.05, 3.63) is 51.2 Å². The van der Waals surface area contributed by atoms with Gasteiger partial charge in [0.1, 0.15) is 5.58 Å². The summed E-state index contributed by atoms with van der Waals surface area (Å²) in [5.41, 5.74) is 2.21. The van der Waals surface area contributed by atoms with E-state index in [1.165, 1.54) is 6.07 Å². The number of allylic oxidation sites excluding steroid dienone is 1. The summed E-state index contributed by atoms with van der Waals surface area (Å²) in [5.74, 6) is -0.573. The zero-order valence-electron chi connectivity index (χ0n) is 13.3. The van der Waals surface area contributed by atoms with Crippen molar-refractivity contribution < 1.29 is 17.6 Å². The molecule has 1 amide bonds. The van der Waals surface area contributed by atoms with Gasteiger partial charge in [-0.3, -0.25) is 4.79 Å². The number of nitrogens with one attached hydrogen (secondary N) is 1. The van der Waals surface area contributed by atoms with E-state index in [0.717, 1.165) is 21.9 Å². The monoisotopic (exact) mass is 347 g/mol. The van der Waals surface area contributed by atoms with E-state index in [9.17, 15) is 18.0 Å². The highest BCUT2D eigenvalue weighted by Gasteiger charge is 2.24. The molecule has 1 atom stereocenters. The molecule has 1 aliphatic heterocycles. The van der Waals surface area contributed by atoms with E-state index < -0.39 is 15.5 Å². The van der Waals surface area contributed by atoms with Crippen LogP contribution in [0.2, 0.25) is 0 Å². The molecular formula is C17H17NO5S. The zero-order chi connectivity index (χ0) is 17.5. The highest BCUT2D eigenvalue weighted by molar-refractivity contribution is 7.94. The van der Waals surface area contributed by atoms with Crippen LogP contribution in [0.5, 0.6) is 0 Å². The van der Waals surface area contributed by atoms with Crippen molar-refractivity contribution in [2.24, 2.45) is 5.92 Å². The fraction of sp³-hybridized carbons (Fsp3) is 0.294. The standard InChI is InChI=1S/C17H17NO5S/c1-10-6-17(20)23-15-5-11(2)14(8-13(10)15)18-16(19)7-12-3-4-24(21,22)9-12/h3-6,8,12H,7,9H2,1-2H3,(H,18,19)/t12-/m0/s1. The average molecular weight is 347 g/mol. The van der Waals surface area contributed by atoms with Crippen molar-refractivity contribution in [1.82, 2.24) is 0 Å². The number of hydrogen-bond acceptors (Lipinski definition) is 5. The Morgan fingerprint density at radius 3 is 2.67 bits per heavy atom. The first-order valence-electron chi connectivity index (χ1n) is 7.49. The van der Waals surface area contributed by atoms with Crippen molar-refractivity contribution in [3.8, 4) is 0 Å². The summed E-state index contributed by atoms with van der Waals surface area (Å²) in [4.78, 5) is 23.6. The first-order valence-corrected chi connectivity index (χ1v) is 9.21. The Labute approximate surface area is 139 Å². The van der Waals surface area contributed by atoms with Crippen molar-refractivity contribution in [2.45, 2.75) is 20.3 Å². The third-order valence-electron chi connectivity index (χ3n) is 4.02. The number of hydrogen-bond donors (Lipinski definition) is 1. The maximum Gasteiger partial charge on any atom is 0.336 e. The lowest BCUT2D eigenvalue weighted by Crippen LogP contribution is -2.18. The second-order valence-electron chi connectivity index (χ2n) is 6.08. The number of anilines is 1. The van der Waals surface area contributed by atoms with Crippen molar-refractivity contribution in [1.29, 1.82) is 0 Å². The van der Waals surface area contributed by atoms with Gasteiger partial charge in [0.2, 0.25) is 5.91 Å². The Balaban J connectivity index is 1.82. The van der Waals surface area contributed by atoms with Crippen LogP contribution in [0, 0.1) is 19.8 Å². The number of carbonyl (C=O) groups excluding carboxylic acids is 1. The van der Waals surface area contributed by atoms with E-state index >= 15 is 0 Å². The minimum absolute atomic E-state index is 0.0264. The molecule has 0 unspecified atom stereocenters. The van der Waals surface area contributed by atoms with Gasteiger partial charge < -0.3 is 9.73 Å². The number of aryl methyl sites for hydroxylation is 2. The van der Waals surface area contributed by atoms with E-state index in [1.54, 1.807) is 32.1 Å². The first kappa shape index (κ1) is 16.4. The maximum absolute atomic E-state index is 12.2. The summed E-state index contributed by atoms with van der Waals surface area (Å²) in [6.45, 7) is 3.60. The van der Waals surface area contributed by atoms with Gasteiger partial charge in [-0.1, -0.05) is 6.08 Å². The van der Waals surface area contributed by atoms with Crippen LogP contribution in [0.3, 0.4) is 0 Å². The number of sulfone groups is 1. The van der Waals surface area contributed by atoms with Crippen molar-refractivity contribution in [3.63, 3.8) is 0 Å². The minimum atomic E-state index is -3.16. The van der Waals surface area contributed by atoms with Gasteiger partial charge in [0.15, 0.2) is 9.84 Å². The van der Waals surface area contributed by atoms with Gasteiger partial charge in [0, 0.05) is 34.9 Å². The van der Waals surface area contributed by atoms with Crippen LogP contribution in [0.15, 0.2) is 38.9 Å². The molecule has 3 rings (SSSR count). The fourth-order valence-corrected chi connectivity index (χ4v) is 4.21. The van der Waals surface area contributed by atoms with Crippen LogP contribution in [0.1, 0.15) is 17.5 Å². The van der Waals surface area contributed by atoms with E-state index in [1.807, 2.05) is 0 Å². The molecule has 1 aromatic heterocycles. The lowest BCUT2D eigenvalue weighted by Gasteiger charge is -2.12. The van der Waals surface area contributed by atoms with Crippen LogP contribution in [0.25, 0.3) is 11.0 Å². The molecule has 0 aliphatic carbocycles. The van der Waals surface area contributed by atoms with Crippen molar-refractivity contribution >= 4 is 32.4 Å². The largest absolute Gasteiger partial charge is 0.423 e. The predicted molar refractivity (Wildman–Crippen MR) is 91.6 cm³/mol. The summed E-state index contributed by atoms with van der Waals surface area (Å²) < 4.78 is 28.0. The molecule has 2 aromatic rings. The van der Waals surface area contributed by atoms with Gasteiger partial charge in [0.25, 0.3) is 0 Å². The minimum Gasteiger partial charge on any atom is -0.423 e. The number of fused-ring (bicyclic) bond motifs is 1. The third kappa shape index (κ3) is 3.41. The number of carbonyl (C=O) groups is 1. The summed E-state index contributed by atoms with van der Waals surface area (Å²) in [6.07, 6.45) is 1.66. The molecular weight excluding hydrogens is 330 g/mol. The second kappa shape index (κ2) is 5.90. The van der Waals surface area contributed by atoms with Gasteiger partial charge in [-0.15, -0.1) is 0 Å². The normalized spacial score (nSPS) is 18.8. The quantitative estimate of drug-likeness (QED) is 0.860. The van der Waals surface area contributed by atoms with Crippen LogP contribution in [-0.2, 0) is 14.6 Å². The van der Waals surface area contributed by atoms with Gasteiger partial charge in [0.05, 0.1) is 5.75 Å². The average Bonchev–Trinajstić information content (AvgIpc) is 2.79. The molecule has 1 aliphatic rings. The van der Waals surface area contributed by atoms with E-state index in [2.05, 4.69) is 5.32 Å². The fourth-order valence-electron chi connectivity index (χ4n) is 2.81. The molecule has 1 N–H and O–H groups in total. The van der Waals surface area contributed by atoms with Gasteiger partial charge in [-0.2, -0.15) is 0 Å². The summed E-state index contributed by atoms with van der Waals surface area (Å²) >= 11 is 0. The molecule has 0 saturated carbocycles. The zero-order valence-corrected chi connectivity index (χ0v) is 14.1. The highest BCUT2D eigenvalue weighted by atomic mass is 32.2. The van der Waals surface area contributed by atoms with Gasteiger partial charge in [-0.05, 0) is 37.1 Å². The molecule has 0 spiro atoms. The number of amides is 1. The third-order valence-corrected chi connectivity index (χ3v) is 5.49. The van der Waals surface area contributed by atoms with Crippen LogP contribution < -0.4 is 10.9 Å². The number of benzene rings is 1. The molecule has 7 heteroatoms. The molecule has 0 bridgehead atoms. The van der Waals surface area contributed by atoms with Crippen LogP contribution in [-0.4, -0.2) is 20.1 Å². The van der Waals surface area contributed by atoms with Gasteiger partial charge >= 0.3 is 5.63 Å². The van der Waals surface area contributed by atoms with Gasteiger partial charge in [-0.25, -0.2) is 13.2 Å². The molecule has 2 heterocycles. The highest BCUT2D eigenvalue weighted by Crippen LogP contribution is 2.26. The van der Waals surface area contributed by atoms with Crippen molar-refractivity contribution in [2.75, 3.05) is 11.1 Å². The maximum atomic E-state index is 12.2. The van der Waals surface area contributed by atoms with Crippen LogP contribution >= 0.6 is 0 Å².